The van der Waals surface area contributed by atoms with E-state index in [4.69, 9.17) is 16.1 Å². The first-order chi connectivity index (χ1) is 12.5. The van der Waals surface area contributed by atoms with Crippen LogP contribution < -0.4 is 0 Å². The molecule has 0 atom stereocenters. The van der Waals surface area contributed by atoms with Crippen molar-refractivity contribution in [3.63, 3.8) is 0 Å². The first kappa shape index (κ1) is 17.1. The van der Waals surface area contributed by atoms with Crippen molar-refractivity contribution in [2.75, 3.05) is 13.1 Å². The average molecular weight is 374 g/mol. The van der Waals surface area contributed by atoms with Crippen molar-refractivity contribution in [3.8, 4) is 11.3 Å². The second-order valence-electron chi connectivity index (χ2n) is 7.09. The van der Waals surface area contributed by atoms with Crippen molar-refractivity contribution in [3.05, 3.63) is 40.0 Å². The normalized spacial score (nSPS) is 16.7. The van der Waals surface area contributed by atoms with E-state index in [0.717, 1.165) is 37.1 Å². The minimum Gasteiger partial charge on any atom is -0.355 e. The lowest BCUT2D eigenvalue weighted by Gasteiger charge is -2.19. The van der Waals surface area contributed by atoms with Gasteiger partial charge in [-0.25, -0.2) is 0 Å². The highest BCUT2D eigenvalue weighted by Crippen LogP contribution is 2.35. The molecule has 6 nitrogen and oxygen atoms in total. The summed E-state index contributed by atoms with van der Waals surface area (Å²) in [6.07, 6.45) is 2.05. The monoisotopic (exact) mass is 373 g/mol. The molecule has 0 aliphatic carbocycles. The number of hydrogen-bond acceptors (Lipinski definition) is 4. The van der Waals surface area contributed by atoms with Gasteiger partial charge in [-0.3, -0.25) is 9.59 Å². The fraction of sp³-hybridized carbons (Fsp3) is 0.421. The number of carbonyl (C=O) groups is 2. The number of aromatic nitrogens is 1. The molecule has 2 aliphatic rings. The van der Waals surface area contributed by atoms with Crippen LogP contribution in [0.3, 0.4) is 0 Å². The van der Waals surface area contributed by atoms with Crippen LogP contribution in [-0.4, -0.2) is 45.9 Å². The van der Waals surface area contributed by atoms with Gasteiger partial charge in [0.15, 0.2) is 11.5 Å². The summed E-state index contributed by atoms with van der Waals surface area (Å²) >= 11 is 6.38. The summed E-state index contributed by atoms with van der Waals surface area (Å²) in [4.78, 5) is 28.5. The number of fused-ring (bicyclic) bond motifs is 1. The van der Waals surface area contributed by atoms with Gasteiger partial charge in [-0.2, -0.15) is 0 Å². The molecule has 0 N–H and O–H groups in total. The van der Waals surface area contributed by atoms with Gasteiger partial charge in [0.25, 0.3) is 11.8 Å². The Hall–Kier alpha value is -2.34. The minimum absolute atomic E-state index is 0.0472. The van der Waals surface area contributed by atoms with Gasteiger partial charge in [-0.15, -0.1) is 0 Å². The summed E-state index contributed by atoms with van der Waals surface area (Å²) in [5, 5.41) is 4.33. The molecule has 2 amide bonds. The van der Waals surface area contributed by atoms with Crippen LogP contribution in [0.15, 0.2) is 22.7 Å². The van der Waals surface area contributed by atoms with Gasteiger partial charge in [-0.05, 0) is 44.4 Å². The zero-order chi connectivity index (χ0) is 18.4. The molecule has 0 saturated carbocycles. The second-order valence-corrected chi connectivity index (χ2v) is 7.50. The summed E-state index contributed by atoms with van der Waals surface area (Å²) < 4.78 is 5.39. The summed E-state index contributed by atoms with van der Waals surface area (Å²) in [5.74, 6) is 0.327. The Morgan fingerprint density at radius 2 is 1.96 bits per heavy atom. The van der Waals surface area contributed by atoms with E-state index in [2.05, 4.69) is 5.16 Å². The minimum atomic E-state index is -0.106. The van der Waals surface area contributed by atoms with E-state index >= 15 is 0 Å². The summed E-state index contributed by atoms with van der Waals surface area (Å²) in [5.41, 5.74) is 2.45. The molecule has 0 spiro atoms. The number of benzene rings is 1. The van der Waals surface area contributed by atoms with Gasteiger partial charge >= 0.3 is 0 Å². The van der Waals surface area contributed by atoms with Gasteiger partial charge in [0.05, 0.1) is 10.6 Å². The van der Waals surface area contributed by atoms with Crippen LogP contribution in [0.4, 0.5) is 0 Å². The zero-order valence-corrected chi connectivity index (χ0v) is 15.5. The maximum Gasteiger partial charge on any atom is 0.276 e. The highest BCUT2D eigenvalue weighted by Gasteiger charge is 2.32. The molecule has 1 aromatic carbocycles. The van der Waals surface area contributed by atoms with Crippen molar-refractivity contribution in [1.29, 1.82) is 0 Å². The number of nitrogens with zero attached hydrogens (tertiary/aromatic N) is 3. The Morgan fingerprint density at radius 1 is 1.23 bits per heavy atom. The van der Waals surface area contributed by atoms with E-state index < -0.39 is 0 Å². The fourth-order valence-electron chi connectivity index (χ4n) is 3.58. The van der Waals surface area contributed by atoms with Gasteiger partial charge in [0, 0.05) is 37.3 Å². The Morgan fingerprint density at radius 3 is 2.65 bits per heavy atom. The Kier molecular flexibility index (Phi) is 4.23. The van der Waals surface area contributed by atoms with Crippen molar-refractivity contribution < 1.29 is 14.1 Å². The molecule has 0 radical (unpaired) electrons. The highest BCUT2D eigenvalue weighted by atomic mass is 35.5. The first-order valence-corrected chi connectivity index (χ1v) is 9.23. The molecular formula is C19H20ClN3O3. The molecule has 0 bridgehead atoms. The molecule has 1 aromatic heterocycles. The van der Waals surface area contributed by atoms with Crippen LogP contribution in [-0.2, 0) is 6.54 Å². The lowest BCUT2D eigenvalue weighted by atomic mass is 10.0. The predicted molar refractivity (Wildman–Crippen MR) is 97.1 cm³/mol. The van der Waals surface area contributed by atoms with Crippen LogP contribution in [0.1, 0.15) is 53.1 Å². The molecule has 0 unspecified atom stereocenters. The lowest BCUT2D eigenvalue weighted by molar-refractivity contribution is 0.0729. The van der Waals surface area contributed by atoms with E-state index in [1.165, 1.54) is 0 Å². The molecule has 2 aliphatic heterocycles. The molecule has 1 saturated heterocycles. The Bertz CT molecular complexity index is 884. The van der Waals surface area contributed by atoms with E-state index in [-0.39, 0.29) is 17.9 Å². The highest BCUT2D eigenvalue weighted by molar-refractivity contribution is 6.34. The summed E-state index contributed by atoms with van der Waals surface area (Å²) in [7, 11) is 0. The lowest BCUT2D eigenvalue weighted by Crippen LogP contribution is -2.30. The third-order valence-electron chi connectivity index (χ3n) is 5.02. The summed E-state index contributed by atoms with van der Waals surface area (Å²) in [6.45, 7) is 6.00. The Labute approximate surface area is 156 Å². The largest absolute Gasteiger partial charge is 0.355 e. The van der Waals surface area contributed by atoms with Gasteiger partial charge in [0.2, 0.25) is 0 Å². The molecular weight excluding hydrogens is 354 g/mol. The van der Waals surface area contributed by atoms with Crippen molar-refractivity contribution in [2.24, 2.45) is 0 Å². The smallest absolute Gasteiger partial charge is 0.276 e. The van der Waals surface area contributed by atoms with Crippen LogP contribution >= 0.6 is 11.6 Å². The summed E-state index contributed by atoms with van der Waals surface area (Å²) in [6, 6.07) is 5.35. The molecule has 3 heterocycles. The molecule has 4 rings (SSSR count). The number of rotatable bonds is 3. The third-order valence-corrected chi connectivity index (χ3v) is 5.32. The van der Waals surface area contributed by atoms with Crippen LogP contribution in [0.2, 0.25) is 5.02 Å². The van der Waals surface area contributed by atoms with Crippen molar-refractivity contribution >= 4 is 23.4 Å². The number of halogens is 1. The van der Waals surface area contributed by atoms with Crippen LogP contribution in [0.5, 0.6) is 0 Å². The van der Waals surface area contributed by atoms with Crippen LogP contribution in [0, 0.1) is 0 Å². The molecule has 26 heavy (non-hydrogen) atoms. The van der Waals surface area contributed by atoms with E-state index in [1.54, 1.807) is 21.9 Å². The SMILES string of the molecule is CC(C)N1Cc2cc(-c3cc(C(=O)N4CCCC4)no3)cc(Cl)c2C1=O. The quantitative estimate of drug-likeness (QED) is 0.824. The number of carbonyl (C=O) groups excluding carboxylic acids is 2. The second kappa shape index (κ2) is 6.43. The molecule has 7 heteroatoms. The maximum absolute atomic E-state index is 12.5. The third kappa shape index (κ3) is 2.78. The van der Waals surface area contributed by atoms with Crippen molar-refractivity contribution in [1.82, 2.24) is 15.0 Å². The van der Waals surface area contributed by atoms with Gasteiger partial charge in [0.1, 0.15) is 0 Å². The fourth-order valence-corrected chi connectivity index (χ4v) is 3.90. The van der Waals surface area contributed by atoms with E-state index in [1.807, 2.05) is 19.9 Å². The van der Waals surface area contributed by atoms with E-state index in [9.17, 15) is 9.59 Å². The van der Waals surface area contributed by atoms with E-state index in [0.29, 0.717) is 28.6 Å². The van der Waals surface area contributed by atoms with Crippen molar-refractivity contribution in [2.45, 2.75) is 39.3 Å². The molecule has 1 fully saturated rings. The van der Waals surface area contributed by atoms with Crippen LogP contribution in [0.25, 0.3) is 11.3 Å². The standard InChI is InChI=1S/C19H20ClN3O3/c1-11(2)23-10-13-7-12(8-14(20)17(13)19(23)25)16-9-15(21-26-16)18(24)22-5-3-4-6-22/h7-9,11H,3-6,10H2,1-2H3. The number of amides is 2. The zero-order valence-electron chi connectivity index (χ0n) is 14.8. The molecule has 2 aromatic rings. The topological polar surface area (TPSA) is 66.7 Å². The predicted octanol–water partition coefficient (Wildman–Crippen LogP) is 3.60. The van der Waals surface area contributed by atoms with Gasteiger partial charge in [-0.1, -0.05) is 16.8 Å². The Balaban J connectivity index is 1.64. The maximum atomic E-state index is 12.5. The van der Waals surface area contributed by atoms with Gasteiger partial charge < -0.3 is 14.3 Å². The number of likely N-dealkylation sites (tertiary alicyclic amines) is 1. The first-order valence-electron chi connectivity index (χ1n) is 8.85. The average Bonchev–Trinajstić information content (AvgIpc) is 3.34. The number of hydrogen-bond donors (Lipinski definition) is 0. The molecule has 136 valence electrons.